The number of likely N-dealkylation sites (tertiary alicyclic amines) is 1. The normalized spacial score (nSPS) is 23.2. The molecule has 0 spiro atoms. The minimum atomic E-state index is -0.576. The number of phenols is 1. The van der Waals surface area contributed by atoms with Crippen LogP contribution in [-0.2, 0) is 0 Å². The molecule has 0 radical (unpaired) electrons. The summed E-state index contributed by atoms with van der Waals surface area (Å²) in [6, 6.07) is 14.8. The summed E-state index contributed by atoms with van der Waals surface area (Å²) in [5.74, 6) is 0.0674. The van der Waals surface area contributed by atoms with Gasteiger partial charge in [-0.2, -0.15) is 9.97 Å². The summed E-state index contributed by atoms with van der Waals surface area (Å²) >= 11 is 6.95. The third-order valence-corrected chi connectivity index (χ3v) is 10.3. The number of halogens is 2. The zero-order valence-corrected chi connectivity index (χ0v) is 26.6. The first-order valence-electron chi connectivity index (χ1n) is 16.0. The molecule has 8 nitrogen and oxygen atoms in total. The fourth-order valence-corrected chi connectivity index (χ4v) is 7.94. The van der Waals surface area contributed by atoms with Gasteiger partial charge < -0.3 is 25.8 Å². The van der Waals surface area contributed by atoms with Gasteiger partial charge in [-0.15, -0.1) is 0 Å². The maximum atomic E-state index is 17.0. The predicted molar refractivity (Wildman–Crippen MR) is 179 cm³/mol. The molecular formula is C35H40ClFN6O2. The van der Waals surface area contributed by atoms with Crippen LogP contribution in [0.25, 0.3) is 33.2 Å². The summed E-state index contributed by atoms with van der Waals surface area (Å²) in [5.41, 5.74) is 8.77. The maximum Gasteiger partial charge on any atom is 0.319 e. The summed E-state index contributed by atoms with van der Waals surface area (Å²) in [4.78, 5) is 14.3. The molecule has 10 heteroatoms. The highest BCUT2D eigenvalue weighted by atomic mass is 35.5. The molecule has 4 heterocycles. The van der Waals surface area contributed by atoms with Gasteiger partial charge in [0.1, 0.15) is 23.7 Å². The molecule has 3 saturated heterocycles. The number of anilines is 2. The molecule has 0 aliphatic carbocycles. The first-order valence-corrected chi connectivity index (χ1v) is 16.4. The van der Waals surface area contributed by atoms with Gasteiger partial charge in [0.25, 0.3) is 0 Å². The monoisotopic (exact) mass is 630 g/mol. The number of nitrogens with one attached hydrogen (secondary N) is 1. The van der Waals surface area contributed by atoms with E-state index in [1.807, 2.05) is 12.1 Å². The van der Waals surface area contributed by atoms with E-state index in [0.717, 1.165) is 63.7 Å². The minimum absolute atomic E-state index is 0.00496. The van der Waals surface area contributed by atoms with Crippen molar-refractivity contribution in [1.82, 2.24) is 20.2 Å². The second kappa shape index (κ2) is 11.9. The summed E-state index contributed by atoms with van der Waals surface area (Å²) < 4.78 is 23.5. The van der Waals surface area contributed by atoms with Crippen LogP contribution in [0.2, 0.25) is 5.02 Å². The Morgan fingerprint density at radius 2 is 1.84 bits per heavy atom. The quantitative estimate of drug-likeness (QED) is 0.187. The number of phenolic OH excluding ortho intramolecular Hbond substituents is 1. The highest BCUT2D eigenvalue weighted by Crippen LogP contribution is 2.44. The first kappa shape index (κ1) is 30.0. The molecule has 3 aliphatic rings. The average Bonchev–Trinajstić information content (AvgIpc) is 3.56. The van der Waals surface area contributed by atoms with Crippen LogP contribution in [0.1, 0.15) is 45.4 Å². The van der Waals surface area contributed by atoms with Crippen molar-refractivity contribution < 1.29 is 14.2 Å². The van der Waals surface area contributed by atoms with Crippen LogP contribution in [-0.4, -0.2) is 70.9 Å². The van der Waals surface area contributed by atoms with E-state index in [1.165, 1.54) is 0 Å². The van der Waals surface area contributed by atoms with Crippen molar-refractivity contribution in [2.75, 3.05) is 43.9 Å². The lowest BCUT2D eigenvalue weighted by atomic mass is 9.92. The van der Waals surface area contributed by atoms with E-state index in [1.54, 1.807) is 36.4 Å². The number of ether oxygens (including phenoxy) is 1. The standard InChI is InChI=1S/C35H40ClFN6O2/c1-3-13-35(14-4-15-42(35)2)20-45-34-40-32-28(33(41-34)43-18-23-9-10-24(19-43)39-23)17-29(36)30(31(32)37)27-16-25(44)11-12-26(27)21-5-7-22(38)8-6-21/h5-8,11-12,16-17,23-24,39,44H,3-4,9-10,13-15,18-20,38H2,1-2H3. The number of fused-ring (bicyclic) bond motifs is 3. The number of likely N-dealkylation sites (N-methyl/N-ethyl adjacent to an activating group) is 1. The molecule has 3 aromatic carbocycles. The van der Waals surface area contributed by atoms with Gasteiger partial charge >= 0.3 is 6.01 Å². The fourth-order valence-electron chi connectivity index (χ4n) is 7.64. The number of aromatic hydroxyl groups is 1. The van der Waals surface area contributed by atoms with Gasteiger partial charge in [-0.25, -0.2) is 4.39 Å². The Morgan fingerprint density at radius 1 is 1.09 bits per heavy atom. The lowest BCUT2D eigenvalue weighted by Gasteiger charge is -2.36. The van der Waals surface area contributed by atoms with E-state index in [4.69, 9.17) is 32.0 Å². The predicted octanol–water partition coefficient (Wildman–Crippen LogP) is 6.63. The molecule has 3 atom stereocenters. The van der Waals surface area contributed by atoms with Crippen LogP contribution < -0.4 is 20.7 Å². The third kappa shape index (κ3) is 5.55. The van der Waals surface area contributed by atoms with Gasteiger partial charge in [0.15, 0.2) is 5.82 Å². The molecular weight excluding hydrogens is 591 g/mol. The number of piperazine rings is 1. The molecule has 3 aliphatic heterocycles. The van der Waals surface area contributed by atoms with E-state index >= 15 is 4.39 Å². The van der Waals surface area contributed by atoms with Gasteiger partial charge in [-0.3, -0.25) is 4.90 Å². The van der Waals surface area contributed by atoms with Crippen LogP contribution >= 0.6 is 11.6 Å². The summed E-state index contributed by atoms with van der Waals surface area (Å²) in [5, 5.41) is 14.9. The van der Waals surface area contributed by atoms with Crippen LogP contribution in [0.15, 0.2) is 48.5 Å². The Labute approximate surface area is 268 Å². The molecule has 3 fully saturated rings. The Morgan fingerprint density at radius 3 is 2.53 bits per heavy atom. The molecule has 1 aromatic heterocycles. The SMILES string of the molecule is CCCC1(COc2nc(N3CC4CCC(C3)N4)c3cc(Cl)c(-c4cc(O)ccc4-c4ccc(N)cc4)c(F)c3n2)CCCN1C. The van der Waals surface area contributed by atoms with Crippen molar-refractivity contribution in [2.45, 2.75) is 63.1 Å². The summed E-state index contributed by atoms with van der Waals surface area (Å²) in [7, 11) is 2.15. The molecule has 0 saturated carbocycles. The summed E-state index contributed by atoms with van der Waals surface area (Å²) in [6.07, 6.45) is 6.40. The van der Waals surface area contributed by atoms with Crippen molar-refractivity contribution in [1.29, 1.82) is 0 Å². The molecule has 3 unspecified atom stereocenters. The lowest BCUT2D eigenvalue weighted by molar-refractivity contribution is 0.0828. The molecule has 45 heavy (non-hydrogen) atoms. The highest BCUT2D eigenvalue weighted by Gasteiger charge is 2.39. The van der Waals surface area contributed by atoms with E-state index < -0.39 is 5.82 Å². The second-order valence-electron chi connectivity index (χ2n) is 13.0. The third-order valence-electron chi connectivity index (χ3n) is 9.98. The largest absolute Gasteiger partial charge is 0.508 e. The van der Waals surface area contributed by atoms with Crippen LogP contribution in [0.5, 0.6) is 11.8 Å². The van der Waals surface area contributed by atoms with Crippen molar-refractivity contribution in [3.8, 4) is 34.0 Å². The number of hydrogen-bond donors (Lipinski definition) is 3. The van der Waals surface area contributed by atoms with Gasteiger partial charge in [-0.05, 0) is 92.7 Å². The molecule has 4 N–H and O–H groups in total. The van der Waals surface area contributed by atoms with Crippen LogP contribution in [0.3, 0.4) is 0 Å². The number of hydrogen-bond acceptors (Lipinski definition) is 8. The molecule has 236 valence electrons. The van der Waals surface area contributed by atoms with Gasteiger partial charge in [0, 0.05) is 41.8 Å². The van der Waals surface area contributed by atoms with Gasteiger partial charge in [0.2, 0.25) is 0 Å². The second-order valence-corrected chi connectivity index (χ2v) is 13.4. The van der Waals surface area contributed by atoms with Crippen LogP contribution in [0.4, 0.5) is 15.9 Å². The number of nitrogens with two attached hydrogens (primary N) is 1. The first-order chi connectivity index (χ1) is 21.7. The highest BCUT2D eigenvalue weighted by molar-refractivity contribution is 6.34. The number of nitrogens with zero attached hydrogens (tertiary/aromatic N) is 4. The van der Waals surface area contributed by atoms with Gasteiger partial charge in [0.05, 0.1) is 10.6 Å². The number of aromatic nitrogens is 2. The van der Waals surface area contributed by atoms with E-state index in [-0.39, 0.29) is 33.4 Å². The average molecular weight is 631 g/mol. The maximum absolute atomic E-state index is 17.0. The van der Waals surface area contributed by atoms with E-state index in [9.17, 15) is 5.11 Å². The van der Waals surface area contributed by atoms with E-state index in [0.29, 0.717) is 46.7 Å². The van der Waals surface area contributed by atoms with Crippen molar-refractivity contribution in [3.63, 3.8) is 0 Å². The number of rotatable bonds is 8. The Hall–Kier alpha value is -3.66. The van der Waals surface area contributed by atoms with Crippen LogP contribution in [0, 0.1) is 5.82 Å². The fraction of sp³-hybridized carbons (Fsp3) is 0.429. The van der Waals surface area contributed by atoms with Crippen molar-refractivity contribution in [3.05, 3.63) is 59.4 Å². The Kier molecular flexibility index (Phi) is 7.96. The Balaban J connectivity index is 1.37. The topological polar surface area (TPSA) is 99.8 Å². The molecule has 2 bridgehead atoms. The summed E-state index contributed by atoms with van der Waals surface area (Å²) in [6.45, 7) is 5.18. The van der Waals surface area contributed by atoms with Crippen molar-refractivity contribution >= 4 is 34.0 Å². The van der Waals surface area contributed by atoms with Gasteiger partial charge in [-0.1, -0.05) is 43.1 Å². The zero-order chi connectivity index (χ0) is 31.3. The zero-order valence-electron chi connectivity index (χ0n) is 25.8. The smallest absolute Gasteiger partial charge is 0.319 e. The molecule has 0 amide bonds. The van der Waals surface area contributed by atoms with Crippen molar-refractivity contribution in [2.24, 2.45) is 0 Å². The van der Waals surface area contributed by atoms with E-state index in [2.05, 4.69) is 29.1 Å². The molecule has 7 rings (SSSR count). The number of benzene rings is 3. The molecule has 4 aromatic rings. The Bertz CT molecular complexity index is 1720. The lowest BCUT2D eigenvalue weighted by Crippen LogP contribution is -2.51. The minimum Gasteiger partial charge on any atom is -0.508 e. The number of nitrogen functional groups attached to an aromatic ring is 1.